The van der Waals surface area contributed by atoms with Crippen molar-refractivity contribution >= 4 is 11.7 Å². The van der Waals surface area contributed by atoms with Crippen LogP contribution in [0.4, 0.5) is 10.5 Å². The van der Waals surface area contributed by atoms with E-state index in [2.05, 4.69) is 42.4 Å². The zero-order valence-electron chi connectivity index (χ0n) is 15.0. The summed E-state index contributed by atoms with van der Waals surface area (Å²) in [5.74, 6) is 0.531. The fraction of sp³-hybridized carbons (Fsp3) is 0.632. The maximum absolute atomic E-state index is 12.3. The summed E-state index contributed by atoms with van der Waals surface area (Å²) >= 11 is 0. The van der Waals surface area contributed by atoms with Crippen molar-refractivity contribution in [1.82, 2.24) is 10.2 Å². The molecule has 1 unspecified atom stereocenters. The molecule has 0 aliphatic carbocycles. The van der Waals surface area contributed by atoms with Gasteiger partial charge < -0.3 is 15.4 Å². The number of amides is 2. The van der Waals surface area contributed by atoms with Crippen molar-refractivity contribution in [2.24, 2.45) is 5.92 Å². The Kier molecular flexibility index (Phi) is 5.11. The molecule has 0 bridgehead atoms. The van der Waals surface area contributed by atoms with Crippen LogP contribution in [-0.2, 0) is 17.8 Å². The molecule has 5 heteroatoms. The molecule has 2 N–H and O–H groups in total. The summed E-state index contributed by atoms with van der Waals surface area (Å²) in [6.07, 6.45) is 2.06. The maximum Gasteiger partial charge on any atom is 0.319 e. The molecule has 0 saturated carbocycles. The molecule has 24 heavy (non-hydrogen) atoms. The van der Waals surface area contributed by atoms with Gasteiger partial charge in [-0.15, -0.1) is 0 Å². The van der Waals surface area contributed by atoms with Gasteiger partial charge in [-0.3, -0.25) is 4.90 Å². The lowest BCUT2D eigenvalue weighted by Gasteiger charge is -2.31. The van der Waals surface area contributed by atoms with Crippen molar-refractivity contribution < 1.29 is 9.53 Å². The minimum Gasteiger partial charge on any atom is -0.376 e. The minimum absolute atomic E-state index is 0.122. The lowest BCUT2D eigenvalue weighted by molar-refractivity contribution is 0.111. The van der Waals surface area contributed by atoms with Crippen LogP contribution in [0, 0.1) is 5.92 Å². The molecule has 2 aliphatic rings. The van der Waals surface area contributed by atoms with Crippen molar-refractivity contribution in [1.29, 1.82) is 0 Å². The largest absolute Gasteiger partial charge is 0.376 e. The van der Waals surface area contributed by atoms with E-state index in [1.54, 1.807) is 0 Å². The molecule has 5 nitrogen and oxygen atoms in total. The highest BCUT2D eigenvalue weighted by Gasteiger charge is 2.30. The summed E-state index contributed by atoms with van der Waals surface area (Å²) in [6, 6.07) is 5.94. The van der Waals surface area contributed by atoms with Gasteiger partial charge in [0.15, 0.2) is 0 Å². The Balaban J connectivity index is 1.50. The summed E-state index contributed by atoms with van der Waals surface area (Å²) in [4.78, 5) is 14.7. The number of urea groups is 1. The van der Waals surface area contributed by atoms with Gasteiger partial charge in [0.05, 0.1) is 13.2 Å². The lowest BCUT2D eigenvalue weighted by Crippen LogP contribution is -2.40. The first-order valence-corrected chi connectivity index (χ1v) is 8.92. The number of benzene rings is 1. The number of nitrogens with zero attached hydrogens (tertiary/aromatic N) is 1. The normalized spacial score (nSPS) is 21.4. The molecule has 1 saturated heterocycles. The minimum atomic E-state index is -0.122. The predicted octanol–water partition coefficient (Wildman–Crippen LogP) is 3.00. The zero-order valence-corrected chi connectivity index (χ0v) is 15.0. The molecule has 132 valence electrons. The van der Waals surface area contributed by atoms with Gasteiger partial charge in [-0.1, -0.05) is 12.1 Å². The number of ether oxygens (including phenoxy) is 1. The Morgan fingerprint density at radius 1 is 1.38 bits per heavy atom. The molecule has 2 heterocycles. The zero-order chi connectivity index (χ0) is 17.2. The second-order valence-corrected chi connectivity index (χ2v) is 7.85. The van der Waals surface area contributed by atoms with Gasteiger partial charge in [0, 0.05) is 29.9 Å². The SMILES string of the molecule is CC(C)(C)N1CCC(CNC(=O)Nc2cccc3c2COCC3)C1. The number of carbonyl (C=O) groups excluding carboxylic acids is 1. The summed E-state index contributed by atoms with van der Waals surface area (Å²) < 4.78 is 5.53. The van der Waals surface area contributed by atoms with Gasteiger partial charge in [-0.25, -0.2) is 4.79 Å². The van der Waals surface area contributed by atoms with E-state index in [-0.39, 0.29) is 11.6 Å². The van der Waals surface area contributed by atoms with E-state index < -0.39 is 0 Å². The second-order valence-electron chi connectivity index (χ2n) is 7.85. The topological polar surface area (TPSA) is 53.6 Å². The molecule has 1 fully saturated rings. The average Bonchev–Trinajstić information content (AvgIpc) is 3.03. The van der Waals surface area contributed by atoms with Gasteiger partial charge in [0.1, 0.15) is 0 Å². The van der Waals surface area contributed by atoms with E-state index in [1.807, 2.05) is 12.1 Å². The van der Waals surface area contributed by atoms with Crippen LogP contribution in [0.5, 0.6) is 0 Å². The Morgan fingerprint density at radius 3 is 2.96 bits per heavy atom. The molecule has 1 aromatic carbocycles. The highest BCUT2D eigenvalue weighted by Crippen LogP contribution is 2.25. The molecule has 1 aromatic rings. The van der Waals surface area contributed by atoms with E-state index in [4.69, 9.17) is 4.74 Å². The van der Waals surface area contributed by atoms with E-state index in [1.165, 1.54) is 5.56 Å². The summed E-state index contributed by atoms with van der Waals surface area (Å²) in [6.45, 7) is 11.0. The summed E-state index contributed by atoms with van der Waals surface area (Å²) in [5, 5.41) is 6.03. The second kappa shape index (κ2) is 7.11. The van der Waals surface area contributed by atoms with E-state index >= 15 is 0 Å². The highest BCUT2D eigenvalue weighted by molar-refractivity contribution is 5.90. The van der Waals surface area contributed by atoms with Gasteiger partial charge >= 0.3 is 6.03 Å². The molecule has 2 amide bonds. The number of anilines is 1. The molecule has 0 aromatic heterocycles. The van der Waals surface area contributed by atoms with Crippen LogP contribution in [0.3, 0.4) is 0 Å². The Labute approximate surface area is 144 Å². The molecule has 2 aliphatic heterocycles. The Hall–Kier alpha value is -1.59. The molecular weight excluding hydrogens is 302 g/mol. The van der Waals surface area contributed by atoms with Crippen LogP contribution in [0.15, 0.2) is 18.2 Å². The molecule has 0 spiro atoms. The first-order chi connectivity index (χ1) is 11.4. The van der Waals surface area contributed by atoms with E-state index in [0.29, 0.717) is 12.5 Å². The third-order valence-corrected chi connectivity index (χ3v) is 5.07. The van der Waals surface area contributed by atoms with Crippen LogP contribution < -0.4 is 10.6 Å². The number of fused-ring (bicyclic) bond motifs is 1. The van der Waals surface area contributed by atoms with Crippen LogP contribution in [0.25, 0.3) is 0 Å². The van der Waals surface area contributed by atoms with Crippen molar-refractivity contribution in [3.63, 3.8) is 0 Å². The maximum atomic E-state index is 12.3. The van der Waals surface area contributed by atoms with Gasteiger partial charge in [0.25, 0.3) is 0 Å². The van der Waals surface area contributed by atoms with Crippen LogP contribution >= 0.6 is 0 Å². The quantitative estimate of drug-likeness (QED) is 0.895. The number of carbonyl (C=O) groups is 1. The van der Waals surface area contributed by atoms with Crippen molar-refractivity contribution in [2.45, 2.75) is 45.8 Å². The standard InChI is InChI=1S/C19H29N3O2/c1-19(2,3)22-9-7-14(12-22)11-20-18(23)21-17-6-4-5-15-8-10-24-13-16(15)17/h4-6,14H,7-13H2,1-3H3,(H2,20,21,23). The summed E-state index contributed by atoms with van der Waals surface area (Å²) in [7, 11) is 0. The molecule has 3 rings (SSSR count). The van der Waals surface area contributed by atoms with Gasteiger partial charge in [0.2, 0.25) is 0 Å². The first kappa shape index (κ1) is 17.2. The smallest absolute Gasteiger partial charge is 0.319 e. The Bertz CT molecular complexity index is 595. The van der Waals surface area contributed by atoms with E-state index in [9.17, 15) is 4.79 Å². The fourth-order valence-corrected chi connectivity index (χ4v) is 3.52. The highest BCUT2D eigenvalue weighted by atomic mass is 16.5. The third-order valence-electron chi connectivity index (χ3n) is 5.07. The number of hydrogen-bond donors (Lipinski definition) is 2. The van der Waals surface area contributed by atoms with Crippen LogP contribution in [0.1, 0.15) is 38.3 Å². The Morgan fingerprint density at radius 2 is 2.21 bits per heavy atom. The van der Waals surface area contributed by atoms with Gasteiger partial charge in [-0.2, -0.15) is 0 Å². The third kappa shape index (κ3) is 4.08. The van der Waals surface area contributed by atoms with E-state index in [0.717, 1.165) is 50.3 Å². The first-order valence-electron chi connectivity index (χ1n) is 8.92. The summed E-state index contributed by atoms with van der Waals surface area (Å²) in [5.41, 5.74) is 3.46. The number of likely N-dealkylation sites (tertiary alicyclic amines) is 1. The molecule has 0 radical (unpaired) electrons. The predicted molar refractivity (Wildman–Crippen MR) is 96.3 cm³/mol. The van der Waals surface area contributed by atoms with Crippen molar-refractivity contribution in [3.8, 4) is 0 Å². The van der Waals surface area contributed by atoms with Crippen molar-refractivity contribution in [2.75, 3.05) is 31.6 Å². The number of rotatable bonds is 3. The lowest BCUT2D eigenvalue weighted by atomic mass is 10.0. The van der Waals surface area contributed by atoms with Crippen LogP contribution in [-0.4, -0.2) is 42.7 Å². The number of nitrogens with one attached hydrogen (secondary N) is 2. The van der Waals surface area contributed by atoms with Crippen molar-refractivity contribution in [3.05, 3.63) is 29.3 Å². The number of hydrogen-bond acceptors (Lipinski definition) is 3. The van der Waals surface area contributed by atoms with Crippen LogP contribution in [0.2, 0.25) is 0 Å². The molecule has 1 atom stereocenters. The fourth-order valence-electron chi connectivity index (χ4n) is 3.52. The van der Waals surface area contributed by atoms with Gasteiger partial charge in [-0.05, 0) is 57.7 Å². The average molecular weight is 331 g/mol. The molecular formula is C19H29N3O2. The monoisotopic (exact) mass is 331 g/mol.